The van der Waals surface area contributed by atoms with E-state index >= 15 is 0 Å². The first-order valence-electron chi connectivity index (χ1n) is 8.22. The molecule has 23 heavy (non-hydrogen) atoms. The maximum absolute atomic E-state index is 12.8. The van der Waals surface area contributed by atoms with E-state index < -0.39 is 0 Å². The van der Waals surface area contributed by atoms with Crippen molar-refractivity contribution in [2.75, 3.05) is 0 Å². The minimum absolute atomic E-state index is 0.0131. The summed E-state index contributed by atoms with van der Waals surface area (Å²) in [7, 11) is 0. The highest BCUT2D eigenvalue weighted by Gasteiger charge is 2.26. The van der Waals surface area contributed by atoms with Crippen molar-refractivity contribution in [3.63, 3.8) is 0 Å². The Morgan fingerprint density at radius 3 is 2.96 bits per heavy atom. The van der Waals surface area contributed by atoms with Crippen LogP contribution in [-0.4, -0.2) is 19.6 Å². The molecule has 1 saturated carbocycles. The van der Waals surface area contributed by atoms with Crippen LogP contribution in [0.4, 0.5) is 0 Å². The first-order valence-corrected chi connectivity index (χ1v) is 8.60. The Morgan fingerprint density at radius 2 is 2.22 bits per heavy atom. The summed E-state index contributed by atoms with van der Waals surface area (Å²) in [6.07, 6.45) is 12.7. The smallest absolute Gasteiger partial charge is 0.277 e. The number of hydrogen-bond donors (Lipinski definition) is 1. The van der Waals surface area contributed by atoms with Crippen LogP contribution < -0.4 is 5.56 Å². The molecule has 2 aromatic heterocycles. The van der Waals surface area contributed by atoms with Crippen LogP contribution in [0.25, 0.3) is 5.78 Å². The molecule has 0 aromatic carbocycles. The Morgan fingerprint density at radius 1 is 1.35 bits per heavy atom. The van der Waals surface area contributed by atoms with E-state index in [1.54, 1.807) is 0 Å². The fraction of sp³-hybridized carbons (Fsp3) is 0.471. The molecule has 0 unspecified atom stereocenters. The second kappa shape index (κ2) is 5.96. The minimum atomic E-state index is -0.0131. The summed E-state index contributed by atoms with van der Waals surface area (Å²) < 4.78 is 1.44. The second-order valence-electron chi connectivity index (χ2n) is 6.34. The first-order chi connectivity index (χ1) is 11.2. The number of nitrogens with one attached hydrogen (secondary N) is 1. The number of fused-ring (bicyclic) bond motifs is 1. The van der Waals surface area contributed by atoms with Crippen LogP contribution in [0.3, 0.4) is 0 Å². The number of halogens is 1. The minimum Gasteiger partial charge on any atom is -0.278 e. The number of nitrogens with zero attached hydrogens (tertiary/aromatic N) is 3. The third-order valence-electron chi connectivity index (χ3n) is 4.84. The van der Waals surface area contributed by atoms with Crippen LogP contribution in [0, 0.1) is 0 Å². The fourth-order valence-electron chi connectivity index (χ4n) is 3.33. The summed E-state index contributed by atoms with van der Waals surface area (Å²) in [5.41, 5.74) is 2.99. The molecule has 2 aliphatic carbocycles. The second-order valence-corrected chi connectivity index (χ2v) is 6.83. The fourth-order valence-corrected chi connectivity index (χ4v) is 3.58. The molecule has 120 valence electrons. The highest BCUT2D eigenvalue weighted by molar-refractivity contribution is 6.29. The molecule has 0 aliphatic heterocycles. The lowest BCUT2D eigenvalue weighted by Crippen LogP contribution is -2.26. The number of aromatic nitrogens is 4. The van der Waals surface area contributed by atoms with Gasteiger partial charge in [-0.1, -0.05) is 29.7 Å². The van der Waals surface area contributed by atoms with Crippen molar-refractivity contribution in [2.45, 2.75) is 50.9 Å². The van der Waals surface area contributed by atoms with Gasteiger partial charge in [0.15, 0.2) is 0 Å². The van der Waals surface area contributed by atoms with Crippen LogP contribution in [0.1, 0.15) is 55.7 Å². The van der Waals surface area contributed by atoms with Gasteiger partial charge in [0.1, 0.15) is 6.33 Å². The molecule has 2 aliphatic rings. The highest BCUT2D eigenvalue weighted by Crippen LogP contribution is 2.36. The van der Waals surface area contributed by atoms with Crippen molar-refractivity contribution in [3.8, 4) is 0 Å². The van der Waals surface area contributed by atoms with Crippen molar-refractivity contribution in [1.82, 2.24) is 19.6 Å². The standard InChI is InChI=1S/C17H19ClN4O/c18-13-6-1-3-11(9-13)7-8-14-15(12-4-2-5-12)21-17-19-10-20-22(17)16(14)23/h3,9-10,12H,1-2,4-8H2,(H,19,20,21). The van der Waals surface area contributed by atoms with Gasteiger partial charge >= 0.3 is 0 Å². The van der Waals surface area contributed by atoms with Crippen LogP contribution in [-0.2, 0) is 6.42 Å². The third kappa shape index (κ3) is 2.74. The molecule has 0 saturated heterocycles. The van der Waals surface area contributed by atoms with E-state index in [9.17, 15) is 4.79 Å². The summed E-state index contributed by atoms with van der Waals surface area (Å²) in [4.78, 5) is 21.6. The maximum Gasteiger partial charge on any atom is 0.277 e. The van der Waals surface area contributed by atoms with Crippen LogP contribution in [0.5, 0.6) is 0 Å². The van der Waals surface area contributed by atoms with E-state index in [1.807, 2.05) is 6.08 Å². The molecular weight excluding hydrogens is 312 g/mol. The van der Waals surface area contributed by atoms with E-state index in [-0.39, 0.29) is 5.56 Å². The van der Waals surface area contributed by atoms with Gasteiger partial charge in [0.2, 0.25) is 0 Å². The number of rotatable bonds is 4. The lowest BCUT2D eigenvalue weighted by atomic mass is 9.80. The molecule has 5 nitrogen and oxygen atoms in total. The number of hydrogen-bond acceptors (Lipinski definition) is 3. The number of allylic oxidation sites excluding steroid dienone is 4. The van der Waals surface area contributed by atoms with Crippen molar-refractivity contribution in [3.05, 3.63) is 50.7 Å². The van der Waals surface area contributed by atoms with Gasteiger partial charge in [0.05, 0.1) is 5.69 Å². The molecule has 4 rings (SSSR count). The molecule has 0 amide bonds. The summed E-state index contributed by atoms with van der Waals surface area (Å²) in [6, 6.07) is 0. The monoisotopic (exact) mass is 330 g/mol. The quantitative estimate of drug-likeness (QED) is 0.933. The number of aromatic amines is 1. The first kappa shape index (κ1) is 14.7. The van der Waals surface area contributed by atoms with Crippen LogP contribution in [0.2, 0.25) is 0 Å². The van der Waals surface area contributed by atoms with Gasteiger partial charge in [-0.05, 0) is 44.6 Å². The van der Waals surface area contributed by atoms with Crippen molar-refractivity contribution in [2.24, 2.45) is 0 Å². The molecule has 0 atom stereocenters. The van der Waals surface area contributed by atoms with Crippen molar-refractivity contribution in [1.29, 1.82) is 0 Å². The Hall–Kier alpha value is -1.88. The average Bonchev–Trinajstić information content (AvgIpc) is 2.94. The van der Waals surface area contributed by atoms with E-state index in [4.69, 9.17) is 11.6 Å². The van der Waals surface area contributed by atoms with Gasteiger partial charge in [0, 0.05) is 16.5 Å². The van der Waals surface area contributed by atoms with E-state index in [1.165, 1.54) is 22.8 Å². The Balaban J connectivity index is 1.68. The molecular formula is C17H19ClN4O. The number of H-pyrrole nitrogens is 1. The zero-order valence-electron chi connectivity index (χ0n) is 12.9. The summed E-state index contributed by atoms with van der Waals surface area (Å²) in [5.74, 6) is 0.888. The maximum atomic E-state index is 12.8. The Bertz CT molecular complexity index is 857. The highest BCUT2D eigenvalue weighted by atomic mass is 35.5. The summed E-state index contributed by atoms with van der Waals surface area (Å²) >= 11 is 6.13. The van der Waals surface area contributed by atoms with E-state index in [2.05, 4.69) is 21.1 Å². The van der Waals surface area contributed by atoms with E-state index in [0.717, 1.165) is 48.4 Å². The van der Waals surface area contributed by atoms with Crippen LogP contribution >= 0.6 is 11.6 Å². The molecule has 1 fully saturated rings. The lowest BCUT2D eigenvalue weighted by molar-refractivity contribution is 0.407. The molecule has 2 heterocycles. The normalized spacial score (nSPS) is 18.7. The predicted molar refractivity (Wildman–Crippen MR) is 89.8 cm³/mol. The topological polar surface area (TPSA) is 63.0 Å². The van der Waals surface area contributed by atoms with Gasteiger partial charge in [-0.2, -0.15) is 4.52 Å². The molecule has 2 aromatic rings. The molecule has 0 bridgehead atoms. The molecule has 0 radical (unpaired) electrons. The zero-order chi connectivity index (χ0) is 15.8. The van der Waals surface area contributed by atoms with Crippen LogP contribution in [0.15, 0.2) is 33.9 Å². The average molecular weight is 331 g/mol. The molecule has 1 N–H and O–H groups in total. The van der Waals surface area contributed by atoms with Gasteiger partial charge in [-0.15, -0.1) is 0 Å². The van der Waals surface area contributed by atoms with Gasteiger partial charge in [-0.3, -0.25) is 9.89 Å². The van der Waals surface area contributed by atoms with E-state index in [0.29, 0.717) is 18.1 Å². The largest absolute Gasteiger partial charge is 0.278 e. The summed E-state index contributed by atoms with van der Waals surface area (Å²) in [6.45, 7) is 0. The Kier molecular flexibility index (Phi) is 3.81. The summed E-state index contributed by atoms with van der Waals surface area (Å²) in [5, 5.41) is 3.76. The van der Waals surface area contributed by atoms with Gasteiger partial charge < -0.3 is 0 Å². The zero-order valence-corrected chi connectivity index (χ0v) is 13.6. The lowest BCUT2D eigenvalue weighted by Gasteiger charge is -2.26. The molecule has 6 heteroatoms. The predicted octanol–water partition coefficient (Wildman–Crippen LogP) is 3.46. The molecule has 0 spiro atoms. The van der Waals surface area contributed by atoms with Crippen molar-refractivity contribution >= 4 is 17.4 Å². The van der Waals surface area contributed by atoms with Crippen molar-refractivity contribution < 1.29 is 0 Å². The SMILES string of the molecule is O=c1c(CCC2=CCCC(Cl)=C2)c(C2CCC2)nc2nc[nH]n12. The Labute approximate surface area is 139 Å². The van der Waals surface area contributed by atoms with Gasteiger partial charge in [-0.25, -0.2) is 9.97 Å². The van der Waals surface area contributed by atoms with Gasteiger partial charge in [0.25, 0.3) is 11.3 Å². The third-order valence-corrected chi connectivity index (χ3v) is 5.14.